The molecule has 0 aliphatic carbocycles. The molecule has 26 heavy (non-hydrogen) atoms. The Morgan fingerprint density at radius 2 is 1.77 bits per heavy atom. The van der Waals surface area contributed by atoms with Crippen LogP contribution in [0.3, 0.4) is 0 Å². The van der Waals surface area contributed by atoms with Gasteiger partial charge in [0.2, 0.25) is 0 Å². The van der Waals surface area contributed by atoms with Gasteiger partial charge in [-0.1, -0.05) is 29.8 Å². The highest BCUT2D eigenvalue weighted by Gasteiger charge is 2.45. The Bertz CT molecular complexity index is 743. The lowest BCUT2D eigenvalue weighted by Crippen LogP contribution is -2.52. The molecule has 2 aromatic carbocycles. The third kappa shape index (κ3) is 3.70. The maximum absolute atomic E-state index is 13.0. The van der Waals surface area contributed by atoms with Crippen LogP contribution in [0.4, 0.5) is 5.69 Å². The first-order valence-corrected chi connectivity index (χ1v) is 8.78. The Labute approximate surface area is 160 Å². The van der Waals surface area contributed by atoms with Crippen LogP contribution in [0.15, 0.2) is 61.2 Å². The second-order valence-corrected chi connectivity index (χ2v) is 6.23. The van der Waals surface area contributed by atoms with Crippen molar-refractivity contribution in [1.29, 1.82) is 0 Å². The topological polar surface area (TPSA) is 38.8 Å². The molecule has 0 aliphatic heterocycles. The van der Waals surface area contributed by atoms with Crippen LogP contribution in [0.25, 0.3) is 0 Å². The van der Waals surface area contributed by atoms with Gasteiger partial charge in [0.05, 0.1) is 14.2 Å². The predicted molar refractivity (Wildman–Crippen MR) is 106 cm³/mol. The van der Waals surface area contributed by atoms with Crippen molar-refractivity contribution in [2.75, 3.05) is 25.7 Å². The highest BCUT2D eigenvalue weighted by atomic mass is 35.5. The van der Waals surface area contributed by atoms with Crippen molar-refractivity contribution in [3.05, 3.63) is 71.8 Å². The minimum absolute atomic E-state index is 0.350. The van der Waals surface area contributed by atoms with E-state index in [-0.39, 0.29) is 5.97 Å². The quantitative estimate of drug-likeness (QED) is 0.491. The second kappa shape index (κ2) is 8.77. The molecule has 0 N–H and O–H groups in total. The summed E-state index contributed by atoms with van der Waals surface area (Å²) in [6.45, 7) is 6.46. The number of carbonyl (C=O) groups is 1. The van der Waals surface area contributed by atoms with Gasteiger partial charge in [-0.25, -0.2) is 4.79 Å². The molecule has 0 heterocycles. The summed E-state index contributed by atoms with van der Waals surface area (Å²) >= 11 is 6.05. The lowest BCUT2D eigenvalue weighted by atomic mass is 9.84. The predicted octanol–water partition coefficient (Wildman–Crippen LogP) is 4.82. The number of benzene rings is 2. The van der Waals surface area contributed by atoms with E-state index in [2.05, 4.69) is 6.58 Å². The van der Waals surface area contributed by atoms with Gasteiger partial charge in [-0.05, 0) is 48.9 Å². The van der Waals surface area contributed by atoms with Crippen LogP contribution in [0, 0.1) is 0 Å². The molecule has 0 radical (unpaired) electrons. The van der Waals surface area contributed by atoms with E-state index in [1.807, 2.05) is 48.2 Å². The molecule has 0 saturated carbocycles. The molecule has 0 bridgehead atoms. The molecular weight excluding hydrogens is 350 g/mol. The van der Waals surface area contributed by atoms with Crippen molar-refractivity contribution in [2.24, 2.45) is 0 Å². The third-order valence-electron chi connectivity index (χ3n) is 4.45. The summed E-state index contributed by atoms with van der Waals surface area (Å²) in [5.74, 6) is 0.404. The minimum Gasteiger partial charge on any atom is -0.497 e. The SMILES string of the molecule is C=CCC(C(=O)OC)(c1ccc(Cl)cc1)N(CC)c1ccc(OC)cc1. The Kier molecular flexibility index (Phi) is 6.70. The first kappa shape index (κ1) is 19.9. The van der Waals surface area contributed by atoms with Crippen LogP contribution >= 0.6 is 11.6 Å². The second-order valence-electron chi connectivity index (χ2n) is 5.79. The van der Waals surface area contributed by atoms with Gasteiger partial charge in [0.15, 0.2) is 5.54 Å². The van der Waals surface area contributed by atoms with Crippen LogP contribution in [0.1, 0.15) is 18.9 Å². The number of ether oxygens (including phenoxy) is 2. The lowest BCUT2D eigenvalue weighted by Gasteiger charge is -2.42. The fourth-order valence-corrected chi connectivity index (χ4v) is 3.36. The van der Waals surface area contributed by atoms with Gasteiger partial charge in [-0.2, -0.15) is 0 Å². The summed E-state index contributed by atoms with van der Waals surface area (Å²) in [7, 11) is 3.02. The van der Waals surface area contributed by atoms with Crippen molar-refractivity contribution in [3.63, 3.8) is 0 Å². The molecule has 0 spiro atoms. The van der Waals surface area contributed by atoms with Crippen molar-refractivity contribution in [3.8, 4) is 5.75 Å². The maximum atomic E-state index is 13.0. The van der Waals surface area contributed by atoms with Crippen LogP contribution in [0.2, 0.25) is 5.02 Å². The molecule has 0 amide bonds. The van der Waals surface area contributed by atoms with E-state index < -0.39 is 5.54 Å². The van der Waals surface area contributed by atoms with Crippen molar-refractivity contribution in [2.45, 2.75) is 18.9 Å². The van der Waals surface area contributed by atoms with E-state index >= 15 is 0 Å². The van der Waals surface area contributed by atoms with E-state index in [9.17, 15) is 4.79 Å². The van der Waals surface area contributed by atoms with Gasteiger partial charge < -0.3 is 14.4 Å². The van der Waals surface area contributed by atoms with Crippen LogP contribution in [-0.4, -0.2) is 26.7 Å². The molecular formula is C21H24ClNO3. The average molecular weight is 374 g/mol. The van der Waals surface area contributed by atoms with E-state index in [1.165, 1.54) is 7.11 Å². The lowest BCUT2D eigenvalue weighted by molar-refractivity contribution is -0.147. The summed E-state index contributed by atoms with van der Waals surface area (Å²) in [6, 6.07) is 14.9. The molecule has 4 nitrogen and oxygen atoms in total. The molecule has 1 atom stereocenters. The van der Waals surface area contributed by atoms with Crippen LogP contribution < -0.4 is 9.64 Å². The van der Waals surface area contributed by atoms with Gasteiger partial charge in [0, 0.05) is 23.7 Å². The Morgan fingerprint density at radius 1 is 1.15 bits per heavy atom. The van der Waals surface area contributed by atoms with Crippen molar-refractivity contribution < 1.29 is 14.3 Å². The zero-order chi connectivity index (χ0) is 19.2. The summed E-state index contributed by atoms with van der Waals surface area (Å²) in [6.07, 6.45) is 2.12. The summed E-state index contributed by atoms with van der Waals surface area (Å²) in [4.78, 5) is 15.1. The Balaban J connectivity index is 2.67. The first-order valence-electron chi connectivity index (χ1n) is 8.40. The number of hydrogen-bond acceptors (Lipinski definition) is 4. The normalized spacial score (nSPS) is 12.8. The number of methoxy groups -OCH3 is 2. The monoisotopic (exact) mass is 373 g/mol. The smallest absolute Gasteiger partial charge is 0.336 e. The highest BCUT2D eigenvalue weighted by molar-refractivity contribution is 6.30. The number of nitrogens with zero attached hydrogens (tertiary/aromatic N) is 1. The number of anilines is 1. The van der Waals surface area contributed by atoms with Gasteiger partial charge >= 0.3 is 5.97 Å². The average Bonchev–Trinajstić information content (AvgIpc) is 2.68. The van der Waals surface area contributed by atoms with Crippen LogP contribution in [0.5, 0.6) is 5.75 Å². The standard InChI is InChI=1S/C21H24ClNO3/c1-5-15-21(20(24)26-4,16-7-9-17(22)10-8-16)23(6-2)18-11-13-19(25-3)14-12-18/h5,7-14H,1,6,15H2,2-4H3. The van der Waals surface area contributed by atoms with Gasteiger partial charge in [-0.3, -0.25) is 0 Å². The molecule has 0 aromatic heterocycles. The molecule has 138 valence electrons. The molecule has 2 aromatic rings. The molecule has 5 heteroatoms. The third-order valence-corrected chi connectivity index (χ3v) is 4.70. The number of likely N-dealkylation sites (N-methyl/N-ethyl adjacent to an activating group) is 1. The van der Waals surface area contributed by atoms with E-state index in [1.54, 1.807) is 25.3 Å². The zero-order valence-corrected chi connectivity index (χ0v) is 16.1. The van der Waals surface area contributed by atoms with Crippen molar-refractivity contribution >= 4 is 23.3 Å². The number of halogens is 1. The number of rotatable bonds is 8. The van der Waals surface area contributed by atoms with Gasteiger partial charge in [-0.15, -0.1) is 6.58 Å². The van der Waals surface area contributed by atoms with E-state index in [0.717, 1.165) is 17.0 Å². The maximum Gasteiger partial charge on any atom is 0.336 e. The largest absolute Gasteiger partial charge is 0.497 e. The fourth-order valence-electron chi connectivity index (χ4n) is 3.23. The molecule has 0 saturated heterocycles. The number of hydrogen-bond donors (Lipinski definition) is 0. The van der Waals surface area contributed by atoms with E-state index in [0.29, 0.717) is 18.0 Å². The molecule has 0 aliphatic rings. The number of esters is 1. The fraction of sp³-hybridized carbons (Fsp3) is 0.286. The molecule has 2 rings (SSSR count). The van der Waals surface area contributed by atoms with Gasteiger partial charge in [0.1, 0.15) is 5.75 Å². The summed E-state index contributed by atoms with van der Waals surface area (Å²) < 4.78 is 10.5. The molecule has 1 unspecified atom stereocenters. The number of carbonyl (C=O) groups excluding carboxylic acids is 1. The summed E-state index contributed by atoms with van der Waals surface area (Å²) in [5, 5.41) is 0.610. The Morgan fingerprint density at radius 3 is 2.23 bits per heavy atom. The van der Waals surface area contributed by atoms with E-state index in [4.69, 9.17) is 21.1 Å². The summed E-state index contributed by atoms with van der Waals surface area (Å²) in [5.41, 5.74) is 0.645. The Hall–Kier alpha value is -2.46. The van der Waals surface area contributed by atoms with Gasteiger partial charge in [0.25, 0.3) is 0 Å². The first-order chi connectivity index (χ1) is 12.5. The minimum atomic E-state index is -1.04. The van der Waals surface area contributed by atoms with Crippen molar-refractivity contribution in [1.82, 2.24) is 0 Å². The molecule has 0 fully saturated rings. The highest BCUT2D eigenvalue weighted by Crippen LogP contribution is 2.38. The van der Waals surface area contributed by atoms with Crippen LogP contribution in [-0.2, 0) is 15.1 Å². The zero-order valence-electron chi connectivity index (χ0n) is 15.4.